The highest BCUT2D eigenvalue weighted by Crippen LogP contribution is 2.26. The molecule has 6 heteroatoms. The largest absolute Gasteiger partial charge is 0.508 e. The predicted octanol–water partition coefficient (Wildman–Crippen LogP) is 0.193. The van der Waals surface area contributed by atoms with Crippen molar-refractivity contribution in [2.75, 3.05) is 0 Å². The van der Waals surface area contributed by atoms with Crippen molar-refractivity contribution in [1.29, 1.82) is 0 Å². The Kier molecular flexibility index (Phi) is 2.01. The summed E-state index contributed by atoms with van der Waals surface area (Å²) in [5.74, 6) is -0.726. The van der Waals surface area contributed by atoms with Crippen molar-refractivity contribution in [3.05, 3.63) is 35.9 Å². The number of amides is 1. The third-order valence-electron chi connectivity index (χ3n) is 1.92. The highest BCUT2D eigenvalue weighted by Gasteiger charge is 2.28. The van der Waals surface area contributed by atoms with E-state index >= 15 is 0 Å². The van der Waals surface area contributed by atoms with E-state index < -0.39 is 15.9 Å². The molecule has 0 spiro atoms. The van der Waals surface area contributed by atoms with Crippen LogP contribution in [0.3, 0.4) is 0 Å². The molecule has 0 fully saturated rings. The Balaban J connectivity index is 2.57. The summed E-state index contributed by atoms with van der Waals surface area (Å²) in [6.45, 7) is 0. The second-order valence-corrected chi connectivity index (χ2v) is 4.68. The number of aromatic hydroxyl groups is 1. The lowest BCUT2D eigenvalue weighted by atomic mass is 10.2. The lowest BCUT2D eigenvalue weighted by molar-refractivity contribution is -0.114. The number of carbonyl (C=O) groups is 1. The Morgan fingerprint density at radius 1 is 1.27 bits per heavy atom. The van der Waals surface area contributed by atoms with Gasteiger partial charge in [-0.1, -0.05) is 12.1 Å². The van der Waals surface area contributed by atoms with Gasteiger partial charge in [0, 0.05) is 6.08 Å². The Morgan fingerprint density at radius 2 is 2.00 bits per heavy atom. The van der Waals surface area contributed by atoms with Crippen LogP contribution in [0.4, 0.5) is 0 Å². The van der Waals surface area contributed by atoms with Crippen LogP contribution in [0.15, 0.2) is 30.3 Å². The molecule has 1 aliphatic rings. The molecule has 5 nitrogen and oxygen atoms in total. The van der Waals surface area contributed by atoms with Crippen LogP contribution in [0.25, 0.3) is 4.91 Å². The summed E-state index contributed by atoms with van der Waals surface area (Å²) < 4.78 is 24.6. The minimum atomic E-state index is -3.76. The summed E-state index contributed by atoms with van der Waals surface area (Å²) >= 11 is 0. The molecular weight excluding hydrogens is 218 g/mol. The van der Waals surface area contributed by atoms with Crippen LogP contribution >= 0.6 is 0 Å². The quantitative estimate of drug-likeness (QED) is 0.714. The lowest BCUT2D eigenvalue weighted by Gasteiger charge is -2.02. The molecule has 0 aromatic heterocycles. The molecule has 0 bridgehead atoms. The van der Waals surface area contributed by atoms with E-state index in [0.717, 1.165) is 6.08 Å². The summed E-state index contributed by atoms with van der Waals surface area (Å²) in [7, 11) is -3.76. The molecule has 1 amide bonds. The number of hydrogen-bond acceptors (Lipinski definition) is 4. The van der Waals surface area contributed by atoms with Gasteiger partial charge in [0.1, 0.15) is 10.7 Å². The zero-order chi connectivity index (χ0) is 11.1. The number of rotatable bonds is 1. The first kappa shape index (κ1) is 9.72. The average molecular weight is 225 g/mol. The van der Waals surface area contributed by atoms with Crippen LogP contribution < -0.4 is 4.72 Å². The smallest absolute Gasteiger partial charge is 0.265 e. The number of phenolic OH excluding ortho intramolecular Hbond substituents is 1. The average Bonchev–Trinajstić information content (AvgIpc) is 2.39. The highest BCUT2D eigenvalue weighted by atomic mass is 32.2. The molecule has 1 aromatic rings. The number of phenols is 1. The fraction of sp³-hybridized carbons (Fsp3) is 0. The molecule has 0 saturated carbocycles. The van der Waals surface area contributed by atoms with Crippen molar-refractivity contribution in [3.8, 4) is 5.75 Å². The summed E-state index contributed by atoms with van der Waals surface area (Å²) in [6, 6.07) is 5.71. The molecular formula is C9H7NO4S. The van der Waals surface area contributed by atoms with Crippen molar-refractivity contribution in [3.63, 3.8) is 0 Å². The molecule has 78 valence electrons. The maximum absolute atomic E-state index is 11.4. The van der Waals surface area contributed by atoms with E-state index in [-0.39, 0.29) is 16.2 Å². The van der Waals surface area contributed by atoms with E-state index in [2.05, 4.69) is 0 Å². The summed E-state index contributed by atoms with van der Waals surface area (Å²) in [4.78, 5) is 10.8. The van der Waals surface area contributed by atoms with E-state index in [0.29, 0.717) is 0 Å². The topological polar surface area (TPSA) is 83.5 Å². The zero-order valence-corrected chi connectivity index (χ0v) is 8.28. The lowest BCUT2D eigenvalue weighted by Crippen LogP contribution is -2.22. The summed E-state index contributed by atoms with van der Waals surface area (Å²) in [5.41, 5.74) is 0.286. The molecule has 15 heavy (non-hydrogen) atoms. The van der Waals surface area contributed by atoms with Crippen LogP contribution in [0.5, 0.6) is 5.75 Å². The third-order valence-corrected chi connectivity index (χ3v) is 3.32. The first-order valence-electron chi connectivity index (χ1n) is 4.07. The molecule has 1 heterocycles. The van der Waals surface area contributed by atoms with Crippen molar-refractivity contribution in [1.82, 2.24) is 4.72 Å². The predicted molar refractivity (Wildman–Crippen MR) is 53.1 cm³/mol. The first-order chi connectivity index (χ1) is 6.99. The van der Waals surface area contributed by atoms with Gasteiger partial charge in [-0.05, 0) is 17.7 Å². The second kappa shape index (κ2) is 3.09. The molecule has 2 N–H and O–H groups in total. The van der Waals surface area contributed by atoms with Crippen molar-refractivity contribution >= 4 is 20.8 Å². The number of carbonyl (C=O) groups excluding carboxylic acids is 1. The van der Waals surface area contributed by atoms with Crippen LogP contribution in [-0.4, -0.2) is 19.4 Å². The number of benzene rings is 1. The van der Waals surface area contributed by atoms with Gasteiger partial charge in [-0.15, -0.1) is 0 Å². The second-order valence-electron chi connectivity index (χ2n) is 3.03. The van der Waals surface area contributed by atoms with Crippen LogP contribution in [0.2, 0.25) is 0 Å². The fourth-order valence-corrected chi connectivity index (χ4v) is 2.44. The van der Waals surface area contributed by atoms with E-state index in [1.165, 1.54) is 24.3 Å². The van der Waals surface area contributed by atoms with Crippen molar-refractivity contribution in [2.45, 2.75) is 0 Å². The zero-order valence-electron chi connectivity index (χ0n) is 7.47. The van der Waals surface area contributed by atoms with Crippen LogP contribution in [0.1, 0.15) is 5.56 Å². The molecule has 0 radical (unpaired) electrons. The molecule has 0 aliphatic carbocycles. The van der Waals surface area contributed by atoms with Gasteiger partial charge in [0.05, 0.1) is 0 Å². The molecule has 1 aromatic carbocycles. The van der Waals surface area contributed by atoms with Crippen molar-refractivity contribution in [2.24, 2.45) is 0 Å². The number of hydrogen-bond donors (Lipinski definition) is 2. The van der Waals surface area contributed by atoms with Crippen LogP contribution in [-0.2, 0) is 14.8 Å². The molecule has 0 atom stereocenters. The van der Waals surface area contributed by atoms with Crippen LogP contribution in [0, 0.1) is 0 Å². The van der Waals surface area contributed by atoms with Gasteiger partial charge >= 0.3 is 0 Å². The number of sulfonamides is 1. The third kappa shape index (κ3) is 1.71. The normalized spacial score (nSPS) is 18.4. The Morgan fingerprint density at radius 3 is 2.53 bits per heavy atom. The van der Waals surface area contributed by atoms with Gasteiger partial charge in [-0.3, -0.25) is 4.79 Å². The minimum Gasteiger partial charge on any atom is -0.508 e. The highest BCUT2D eigenvalue weighted by molar-refractivity contribution is 7.99. The standard InChI is InChI=1S/C9H7NO4S/c11-7-3-1-2-6(4-7)8-5-9(12)10-15(8,13)14/h1-5,11H,(H,10,12). The van der Waals surface area contributed by atoms with E-state index in [9.17, 15) is 18.3 Å². The van der Waals surface area contributed by atoms with E-state index in [4.69, 9.17) is 0 Å². The van der Waals surface area contributed by atoms with Gasteiger partial charge in [-0.25, -0.2) is 13.1 Å². The van der Waals surface area contributed by atoms with E-state index in [1.54, 1.807) is 0 Å². The molecule has 2 rings (SSSR count). The molecule has 0 unspecified atom stereocenters. The Bertz CT molecular complexity index is 559. The molecule has 0 saturated heterocycles. The van der Waals surface area contributed by atoms with Gasteiger partial charge in [0.25, 0.3) is 15.9 Å². The first-order valence-corrected chi connectivity index (χ1v) is 5.55. The number of nitrogens with one attached hydrogen (secondary N) is 1. The summed E-state index contributed by atoms with van der Waals surface area (Å²) in [5, 5.41) is 9.18. The van der Waals surface area contributed by atoms with Gasteiger partial charge in [0.15, 0.2) is 0 Å². The summed E-state index contributed by atoms with van der Waals surface area (Å²) in [6.07, 6.45) is 0.990. The minimum absolute atomic E-state index is 0.0528. The Hall–Kier alpha value is -1.82. The maximum atomic E-state index is 11.4. The van der Waals surface area contributed by atoms with E-state index in [1.807, 2.05) is 4.72 Å². The Labute approximate surface area is 86.1 Å². The maximum Gasteiger partial charge on any atom is 0.265 e. The SMILES string of the molecule is O=C1C=C(c2cccc(O)c2)S(=O)(=O)N1. The van der Waals surface area contributed by atoms with Gasteiger partial charge in [0.2, 0.25) is 0 Å². The fourth-order valence-electron chi connectivity index (χ4n) is 1.31. The van der Waals surface area contributed by atoms with Crippen molar-refractivity contribution < 1.29 is 18.3 Å². The van der Waals surface area contributed by atoms with Gasteiger partial charge < -0.3 is 5.11 Å². The molecule has 1 aliphatic heterocycles. The van der Waals surface area contributed by atoms with Gasteiger partial charge in [-0.2, -0.15) is 0 Å². The monoisotopic (exact) mass is 225 g/mol.